The van der Waals surface area contributed by atoms with E-state index in [1.807, 2.05) is 31.2 Å². The molecule has 0 aliphatic carbocycles. The quantitative estimate of drug-likeness (QED) is 0.536. The third-order valence-electron chi connectivity index (χ3n) is 6.33. The highest BCUT2D eigenvalue weighted by Crippen LogP contribution is 2.29. The minimum Gasteiger partial charge on any atom is -0.336 e. The first-order chi connectivity index (χ1) is 16.7. The first kappa shape index (κ1) is 23.5. The van der Waals surface area contributed by atoms with Crippen LogP contribution in [0.5, 0.6) is 0 Å². The van der Waals surface area contributed by atoms with Crippen LogP contribution >= 0.6 is 11.6 Å². The molecule has 35 heavy (non-hydrogen) atoms. The van der Waals surface area contributed by atoms with E-state index in [1.54, 1.807) is 41.4 Å². The zero-order valence-corrected chi connectivity index (χ0v) is 20.6. The number of nitrogens with zero attached hydrogens (tertiary/aromatic N) is 4. The summed E-state index contributed by atoms with van der Waals surface area (Å²) in [5, 5.41) is 0.451. The molecule has 8 nitrogen and oxygen atoms in total. The van der Waals surface area contributed by atoms with Crippen molar-refractivity contribution in [1.82, 2.24) is 18.5 Å². The smallest absolute Gasteiger partial charge is 0.306 e. The van der Waals surface area contributed by atoms with Crippen molar-refractivity contribution in [1.29, 1.82) is 0 Å². The summed E-state index contributed by atoms with van der Waals surface area (Å²) in [6.07, 6.45) is 1.75. The lowest BCUT2D eigenvalue weighted by Crippen LogP contribution is -2.54. The number of fused-ring (bicyclic) bond motifs is 1. The van der Waals surface area contributed by atoms with Gasteiger partial charge >= 0.3 is 10.2 Å². The molecule has 1 saturated heterocycles. The fourth-order valence-electron chi connectivity index (χ4n) is 4.42. The molecule has 5 rings (SSSR count). The number of piperazine rings is 1. The van der Waals surface area contributed by atoms with Gasteiger partial charge in [0.05, 0.1) is 6.54 Å². The predicted molar refractivity (Wildman–Crippen MR) is 132 cm³/mol. The average Bonchev–Trinajstić information content (AvgIpc) is 3.20. The molecule has 0 N–H and O–H groups in total. The normalized spacial score (nSPS) is 16.5. The van der Waals surface area contributed by atoms with Gasteiger partial charge in [-0.05, 0) is 66.1 Å². The summed E-state index contributed by atoms with van der Waals surface area (Å²) >= 11 is 5.99. The van der Waals surface area contributed by atoms with E-state index < -0.39 is 16.1 Å². The van der Waals surface area contributed by atoms with Crippen LogP contribution in [0.4, 0.5) is 0 Å². The fourth-order valence-corrected chi connectivity index (χ4v) is 6.13. The summed E-state index contributed by atoms with van der Waals surface area (Å²) in [5.74, 6) is -0.710. The molecule has 3 aromatic rings. The highest BCUT2D eigenvalue weighted by Gasteiger charge is 2.41. The Labute approximate surface area is 208 Å². The lowest BCUT2D eigenvalue weighted by atomic mass is 10.0. The number of carbonyl (C=O) groups excluding carboxylic acids is 2. The van der Waals surface area contributed by atoms with Crippen LogP contribution in [0.25, 0.3) is 11.1 Å². The Morgan fingerprint density at radius 3 is 2.34 bits per heavy atom. The van der Waals surface area contributed by atoms with Crippen molar-refractivity contribution in [3.63, 3.8) is 0 Å². The van der Waals surface area contributed by atoms with E-state index in [4.69, 9.17) is 11.6 Å². The summed E-state index contributed by atoms with van der Waals surface area (Å²) in [4.78, 5) is 31.6. The molecule has 0 bridgehead atoms. The number of rotatable bonds is 4. The Balaban J connectivity index is 1.24. The molecule has 10 heteroatoms. The Morgan fingerprint density at radius 1 is 0.943 bits per heavy atom. The first-order valence-corrected chi connectivity index (χ1v) is 12.9. The molecule has 1 aromatic heterocycles. The van der Waals surface area contributed by atoms with Gasteiger partial charge in [0.25, 0.3) is 11.8 Å². The van der Waals surface area contributed by atoms with Gasteiger partial charge in [0.1, 0.15) is 0 Å². The van der Waals surface area contributed by atoms with Gasteiger partial charge in [-0.1, -0.05) is 23.7 Å². The monoisotopic (exact) mass is 510 g/mol. The topological polar surface area (TPSA) is 90.9 Å². The number of pyridine rings is 1. The molecule has 1 fully saturated rings. The van der Waals surface area contributed by atoms with Crippen LogP contribution in [0.2, 0.25) is 5.02 Å². The van der Waals surface area contributed by atoms with E-state index in [0.29, 0.717) is 21.7 Å². The van der Waals surface area contributed by atoms with E-state index in [0.717, 1.165) is 21.1 Å². The molecule has 0 radical (unpaired) electrons. The van der Waals surface area contributed by atoms with Crippen molar-refractivity contribution in [3.05, 3.63) is 88.2 Å². The van der Waals surface area contributed by atoms with E-state index in [9.17, 15) is 18.0 Å². The summed E-state index contributed by atoms with van der Waals surface area (Å²) in [5.41, 5.74) is 4.40. The lowest BCUT2D eigenvalue weighted by Gasteiger charge is -2.35. The molecule has 0 unspecified atom stereocenters. The number of aromatic nitrogens is 1. The molecule has 2 aromatic carbocycles. The molecule has 2 amide bonds. The Bertz CT molecular complexity index is 1420. The number of benzene rings is 2. The number of hydrogen-bond acceptors (Lipinski definition) is 5. The van der Waals surface area contributed by atoms with Crippen LogP contribution in [0.1, 0.15) is 32.0 Å². The highest BCUT2D eigenvalue weighted by molar-refractivity contribution is 7.87. The number of aryl methyl sites for hydroxylation is 1. The zero-order chi connectivity index (χ0) is 24.7. The Morgan fingerprint density at radius 2 is 1.66 bits per heavy atom. The largest absolute Gasteiger partial charge is 0.336 e. The Kier molecular flexibility index (Phi) is 6.08. The molecule has 0 saturated carbocycles. The highest BCUT2D eigenvalue weighted by atomic mass is 35.5. The second-order valence-corrected chi connectivity index (χ2v) is 10.9. The van der Waals surface area contributed by atoms with Gasteiger partial charge in [-0.2, -0.15) is 12.7 Å². The van der Waals surface area contributed by atoms with E-state index in [2.05, 4.69) is 4.98 Å². The van der Waals surface area contributed by atoms with Crippen LogP contribution in [-0.2, 0) is 16.8 Å². The van der Waals surface area contributed by atoms with Gasteiger partial charge in [0.15, 0.2) is 0 Å². The van der Waals surface area contributed by atoms with Gasteiger partial charge in [0, 0.05) is 54.2 Å². The zero-order valence-electron chi connectivity index (χ0n) is 19.0. The maximum absolute atomic E-state index is 13.2. The number of amides is 2. The minimum atomic E-state index is -4.01. The maximum Gasteiger partial charge on any atom is 0.306 e. The second kappa shape index (κ2) is 9.07. The van der Waals surface area contributed by atoms with Crippen molar-refractivity contribution in [2.24, 2.45) is 0 Å². The van der Waals surface area contributed by atoms with Gasteiger partial charge in [-0.15, -0.1) is 0 Å². The van der Waals surface area contributed by atoms with Crippen LogP contribution in [0.3, 0.4) is 0 Å². The third-order valence-corrected chi connectivity index (χ3v) is 8.44. The van der Waals surface area contributed by atoms with Gasteiger partial charge in [-0.3, -0.25) is 14.6 Å². The summed E-state index contributed by atoms with van der Waals surface area (Å²) in [6, 6.07) is 16.0. The molecule has 0 spiro atoms. The van der Waals surface area contributed by atoms with E-state index >= 15 is 0 Å². The molecule has 0 atom stereocenters. The third kappa shape index (κ3) is 4.42. The fraction of sp³-hybridized carbons (Fsp3) is 0.240. The van der Waals surface area contributed by atoms with Crippen molar-refractivity contribution in [3.8, 4) is 11.1 Å². The van der Waals surface area contributed by atoms with E-state index in [1.165, 1.54) is 4.31 Å². The molecule has 180 valence electrons. The molecule has 3 heterocycles. The van der Waals surface area contributed by atoms with Crippen LogP contribution in [-0.4, -0.2) is 64.9 Å². The number of carbonyl (C=O) groups is 2. The van der Waals surface area contributed by atoms with Crippen LogP contribution in [0.15, 0.2) is 60.8 Å². The van der Waals surface area contributed by atoms with Crippen LogP contribution in [0, 0.1) is 6.92 Å². The SMILES string of the molecule is Cc1cc(-c2ccc(C(=O)N3CCN(S(=O)(=O)N4Cc5cc(Cl)ccc5C4=O)CC3)cc2)ccn1. The summed E-state index contributed by atoms with van der Waals surface area (Å²) < 4.78 is 28.5. The van der Waals surface area contributed by atoms with Crippen molar-refractivity contribution >= 4 is 33.6 Å². The standard InChI is InChI=1S/C25H23ClN4O4S/c1-17-14-20(8-9-27-17)18-2-4-19(5-3-18)24(31)28-10-12-29(13-11-28)35(33,34)30-16-21-15-22(26)6-7-23(21)25(30)32/h2-9,14-15H,10-13,16H2,1H3. The van der Waals surface area contributed by atoms with E-state index in [-0.39, 0.29) is 38.6 Å². The molecular weight excluding hydrogens is 488 g/mol. The first-order valence-electron chi connectivity index (χ1n) is 11.2. The second-order valence-electron chi connectivity index (χ2n) is 8.58. The summed E-state index contributed by atoms with van der Waals surface area (Å²) in [7, 11) is -4.01. The number of hydrogen-bond donors (Lipinski definition) is 0. The summed E-state index contributed by atoms with van der Waals surface area (Å²) in [6.45, 7) is 2.59. The van der Waals surface area contributed by atoms with Crippen molar-refractivity contribution in [2.75, 3.05) is 26.2 Å². The average molecular weight is 511 g/mol. The van der Waals surface area contributed by atoms with Crippen molar-refractivity contribution in [2.45, 2.75) is 13.5 Å². The Hall–Kier alpha value is -3.27. The molecule has 2 aliphatic rings. The maximum atomic E-state index is 13.2. The minimum absolute atomic E-state index is 0.0421. The number of halogens is 1. The predicted octanol–water partition coefficient (Wildman–Crippen LogP) is 3.37. The molecular formula is C25H23ClN4O4S. The van der Waals surface area contributed by atoms with Crippen LogP contribution < -0.4 is 0 Å². The van der Waals surface area contributed by atoms with Gasteiger partial charge < -0.3 is 4.90 Å². The lowest BCUT2D eigenvalue weighted by molar-refractivity contribution is 0.0687. The van der Waals surface area contributed by atoms with Gasteiger partial charge in [-0.25, -0.2) is 4.31 Å². The molecule has 2 aliphatic heterocycles. The van der Waals surface area contributed by atoms with Gasteiger partial charge in [0.2, 0.25) is 0 Å². The van der Waals surface area contributed by atoms with Crippen molar-refractivity contribution < 1.29 is 18.0 Å².